The van der Waals surface area contributed by atoms with Crippen molar-refractivity contribution in [2.24, 2.45) is 0 Å². The van der Waals surface area contributed by atoms with Crippen molar-refractivity contribution in [3.63, 3.8) is 0 Å². The van der Waals surface area contributed by atoms with E-state index in [0.29, 0.717) is 17.5 Å². The van der Waals surface area contributed by atoms with E-state index in [4.69, 9.17) is 0 Å². The van der Waals surface area contributed by atoms with Gasteiger partial charge in [-0.25, -0.2) is 0 Å². The van der Waals surface area contributed by atoms with Gasteiger partial charge in [0.05, 0.1) is 18.1 Å². The van der Waals surface area contributed by atoms with Crippen molar-refractivity contribution in [2.75, 3.05) is 4.90 Å². The molecule has 0 spiro atoms. The van der Waals surface area contributed by atoms with Crippen LogP contribution < -0.4 is 10.2 Å². The fourth-order valence-electron chi connectivity index (χ4n) is 3.65. The second kappa shape index (κ2) is 7.25. The molecular weight excluding hydrogens is 398 g/mol. The van der Waals surface area contributed by atoms with E-state index in [-0.39, 0.29) is 29.7 Å². The number of benzene rings is 1. The Morgan fingerprint density at radius 1 is 1.37 bits per heavy atom. The number of nitrogens with one attached hydrogen (secondary N) is 2. The number of nitrogens with zero attached hydrogens (tertiary/aromatic N) is 4. The highest BCUT2D eigenvalue weighted by Gasteiger charge is 2.43. The molecule has 1 unspecified atom stereocenters. The first-order chi connectivity index (χ1) is 14.4. The quantitative estimate of drug-likeness (QED) is 0.570. The van der Waals surface area contributed by atoms with E-state index < -0.39 is 29.3 Å². The van der Waals surface area contributed by atoms with Crippen LogP contribution in [-0.4, -0.2) is 44.7 Å². The normalized spacial score (nSPS) is 14.2. The summed E-state index contributed by atoms with van der Waals surface area (Å²) >= 11 is 0. The Balaban J connectivity index is 1.75. The van der Waals surface area contributed by atoms with Crippen molar-refractivity contribution in [3.05, 3.63) is 47.5 Å². The summed E-state index contributed by atoms with van der Waals surface area (Å²) in [7, 11) is 0. The molecule has 4 rings (SSSR count). The summed E-state index contributed by atoms with van der Waals surface area (Å²) in [5, 5.41) is 11.6. The number of rotatable bonds is 7. The molecule has 2 N–H and O–H groups in total. The molecule has 0 saturated carbocycles. The van der Waals surface area contributed by atoms with Gasteiger partial charge in [0.15, 0.2) is 5.69 Å². The van der Waals surface area contributed by atoms with Gasteiger partial charge >= 0.3 is 5.92 Å². The molecule has 0 radical (unpaired) electrons. The predicted octanol–water partition coefficient (Wildman–Crippen LogP) is 1.89. The third-order valence-corrected chi connectivity index (χ3v) is 5.08. The first-order valence-corrected chi connectivity index (χ1v) is 9.09. The molecule has 30 heavy (non-hydrogen) atoms. The van der Waals surface area contributed by atoms with Crippen LogP contribution in [0.1, 0.15) is 41.5 Å². The first-order valence-electron chi connectivity index (χ1n) is 9.09. The van der Waals surface area contributed by atoms with E-state index in [1.807, 2.05) is 5.32 Å². The average molecular weight is 414 g/mol. The van der Waals surface area contributed by atoms with Crippen molar-refractivity contribution in [3.8, 4) is 0 Å². The SMILES string of the molecule is CC(CCC(=O)NC=O)N1C(=O)c2cccc3c(C(F)(F)c4cn[nH]n4)ncc1c23. The maximum Gasteiger partial charge on any atom is 0.335 e. The van der Waals surface area contributed by atoms with Gasteiger partial charge in [-0.2, -0.15) is 24.2 Å². The predicted molar refractivity (Wildman–Crippen MR) is 101 cm³/mol. The largest absolute Gasteiger partial charge is 0.335 e. The molecule has 154 valence electrons. The monoisotopic (exact) mass is 414 g/mol. The maximum atomic E-state index is 15.0. The summed E-state index contributed by atoms with van der Waals surface area (Å²) in [6, 6.07) is 4.15. The molecule has 3 heterocycles. The molecule has 0 aliphatic carbocycles. The Labute approximate surface area is 168 Å². The minimum absolute atomic E-state index is 0.0267. The van der Waals surface area contributed by atoms with Gasteiger partial charge in [-0.3, -0.25) is 24.7 Å². The van der Waals surface area contributed by atoms with E-state index in [2.05, 4.69) is 20.4 Å². The van der Waals surface area contributed by atoms with Crippen LogP contribution in [0.3, 0.4) is 0 Å². The number of H-pyrrole nitrogens is 1. The highest BCUT2D eigenvalue weighted by molar-refractivity contribution is 6.25. The Hall–Kier alpha value is -3.76. The molecule has 0 saturated heterocycles. The zero-order chi connectivity index (χ0) is 21.5. The number of amides is 3. The fourth-order valence-corrected chi connectivity index (χ4v) is 3.65. The summed E-state index contributed by atoms with van der Waals surface area (Å²) in [6.45, 7) is 1.74. The van der Waals surface area contributed by atoms with Crippen LogP contribution in [0.5, 0.6) is 0 Å². The molecule has 1 aromatic carbocycles. The smallest absolute Gasteiger partial charge is 0.303 e. The number of imide groups is 1. The van der Waals surface area contributed by atoms with E-state index in [9.17, 15) is 14.4 Å². The number of anilines is 1. The molecule has 11 heteroatoms. The number of hydrogen-bond acceptors (Lipinski definition) is 6. The number of alkyl halides is 2. The van der Waals surface area contributed by atoms with Crippen LogP contribution in [0.4, 0.5) is 14.5 Å². The lowest BCUT2D eigenvalue weighted by atomic mass is 10.0. The van der Waals surface area contributed by atoms with Crippen molar-refractivity contribution < 1.29 is 23.2 Å². The van der Waals surface area contributed by atoms with Gasteiger partial charge in [0.25, 0.3) is 5.91 Å². The molecule has 1 aliphatic rings. The second-order valence-corrected chi connectivity index (χ2v) is 6.90. The summed E-state index contributed by atoms with van der Waals surface area (Å²) in [6.07, 6.45) is 2.76. The Morgan fingerprint density at radius 2 is 2.17 bits per heavy atom. The summed E-state index contributed by atoms with van der Waals surface area (Å²) in [5.74, 6) is -4.34. The zero-order valence-corrected chi connectivity index (χ0v) is 15.7. The lowest BCUT2D eigenvalue weighted by Crippen LogP contribution is -2.37. The van der Waals surface area contributed by atoms with Crippen molar-refractivity contribution in [1.29, 1.82) is 0 Å². The minimum Gasteiger partial charge on any atom is -0.303 e. The molecule has 3 amide bonds. The third kappa shape index (κ3) is 2.98. The van der Waals surface area contributed by atoms with E-state index >= 15 is 8.78 Å². The first kappa shape index (κ1) is 19.6. The number of pyridine rings is 1. The molecule has 0 bridgehead atoms. The van der Waals surface area contributed by atoms with E-state index in [0.717, 1.165) is 6.20 Å². The molecule has 1 atom stereocenters. The number of carbonyl (C=O) groups excluding carboxylic acids is 3. The maximum absolute atomic E-state index is 15.0. The lowest BCUT2D eigenvalue weighted by Gasteiger charge is -2.25. The summed E-state index contributed by atoms with van der Waals surface area (Å²) < 4.78 is 30.0. The molecule has 9 nitrogen and oxygen atoms in total. The fraction of sp³-hybridized carbons (Fsp3) is 0.263. The Morgan fingerprint density at radius 3 is 2.87 bits per heavy atom. The minimum atomic E-state index is -3.51. The highest BCUT2D eigenvalue weighted by Crippen LogP contribution is 2.44. The van der Waals surface area contributed by atoms with Gasteiger partial charge in [0.2, 0.25) is 12.3 Å². The van der Waals surface area contributed by atoms with Crippen LogP contribution in [0.2, 0.25) is 0 Å². The Bertz CT molecular complexity index is 1150. The van der Waals surface area contributed by atoms with Crippen molar-refractivity contribution in [2.45, 2.75) is 31.7 Å². The average Bonchev–Trinajstić information content (AvgIpc) is 3.36. The van der Waals surface area contributed by atoms with E-state index in [1.165, 1.54) is 23.2 Å². The third-order valence-electron chi connectivity index (χ3n) is 5.08. The molecule has 3 aromatic rings. The van der Waals surface area contributed by atoms with Crippen LogP contribution in [0.15, 0.2) is 30.6 Å². The second-order valence-electron chi connectivity index (χ2n) is 6.90. The number of halogens is 2. The van der Waals surface area contributed by atoms with Crippen LogP contribution in [0.25, 0.3) is 10.8 Å². The van der Waals surface area contributed by atoms with Gasteiger partial charge in [0.1, 0.15) is 5.69 Å². The Kier molecular flexibility index (Phi) is 4.72. The van der Waals surface area contributed by atoms with Crippen LogP contribution in [-0.2, 0) is 15.5 Å². The van der Waals surface area contributed by atoms with Gasteiger partial charge in [-0.1, -0.05) is 12.1 Å². The topological polar surface area (TPSA) is 121 Å². The zero-order valence-electron chi connectivity index (χ0n) is 15.7. The number of hydrogen-bond donors (Lipinski definition) is 2. The molecular formula is C19H16F2N6O3. The van der Waals surface area contributed by atoms with E-state index in [1.54, 1.807) is 13.0 Å². The van der Waals surface area contributed by atoms with Crippen LogP contribution in [0, 0.1) is 0 Å². The number of carbonyl (C=O) groups is 3. The number of aromatic amines is 1. The summed E-state index contributed by atoms with van der Waals surface area (Å²) in [5.41, 5.74) is -0.420. The van der Waals surface area contributed by atoms with Gasteiger partial charge < -0.3 is 4.90 Å². The highest BCUT2D eigenvalue weighted by atomic mass is 19.3. The molecule has 0 fully saturated rings. The lowest BCUT2D eigenvalue weighted by molar-refractivity contribution is -0.125. The molecule has 2 aromatic heterocycles. The molecule has 1 aliphatic heterocycles. The van der Waals surface area contributed by atoms with Crippen LogP contribution >= 0.6 is 0 Å². The van der Waals surface area contributed by atoms with Gasteiger partial charge in [0, 0.05) is 28.8 Å². The van der Waals surface area contributed by atoms with Crippen molar-refractivity contribution in [1.82, 2.24) is 25.7 Å². The standard InChI is InChI=1S/C19H16F2N6O3/c1-10(5-6-15(29)23-9-28)27-13-7-22-17(19(20,21)14-8-24-26-25-14)11-3-2-4-12(16(11)13)18(27)30/h2-4,7-10H,5-6H2,1H3,(H,23,28,29)(H,24,25,26). The number of aromatic nitrogens is 4. The summed E-state index contributed by atoms with van der Waals surface area (Å²) in [4.78, 5) is 40.4. The van der Waals surface area contributed by atoms with Crippen molar-refractivity contribution >= 4 is 34.7 Å². The van der Waals surface area contributed by atoms with Gasteiger partial charge in [-0.15, -0.1) is 0 Å². The van der Waals surface area contributed by atoms with Gasteiger partial charge in [-0.05, 0) is 19.4 Å².